The van der Waals surface area contributed by atoms with Gasteiger partial charge in [0.15, 0.2) is 0 Å². The third-order valence-electron chi connectivity index (χ3n) is 1.54. The van der Waals surface area contributed by atoms with Gasteiger partial charge in [-0.05, 0) is 13.8 Å². The molecule has 5 heteroatoms. The molecule has 1 unspecified atom stereocenters. The quantitative estimate of drug-likeness (QED) is 0.758. The third kappa shape index (κ3) is 3.57. The maximum Gasteiger partial charge on any atom is 0.218 e. The Bertz CT molecular complexity index is 281. The van der Waals surface area contributed by atoms with Crippen LogP contribution in [0, 0.1) is 0 Å². The van der Waals surface area contributed by atoms with E-state index < -0.39 is 0 Å². The van der Waals surface area contributed by atoms with Crippen molar-refractivity contribution in [1.82, 2.24) is 9.97 Å². The molecule has 0 bridgehead atoms. The molecule has 14 heavy (non-hydrogen) atoms. The molecule has 1 heterocycles. The van der Waals surface area contributed by atoms with Crippen molar-refractivity contribution in [3.8, 4) is 5.88 Å². The fraction of sp³-hybridized carbons (Fsp3) is 0.556. The van der Waals surface area contributed by atoms with E-state index in [1.807, 2.05) is 13.8 Å². The smallest absolute Gasteiger partial charge is 0.218 e. The van der Waals surface area contributed by atoms with Gasteiger partial charge in [-0.3, -0.25) is 0 Å². The fourth-order valence-corrected chi connectivity index (χ4v) is 0.942. The first-order chi connectivity index (χ1) is 6.72. The zero-order valence-corrected chi connectivity index (χ0v) is 8.43. The number of nitrogen functional groups attached to an aromatic ring is 1. The lowest BCUT2D eigenvalue weighted by Gasteiger charge is -2.13. The Kier molecular flexibility index (Phi) is 4.12. The first-order valence-corrected chi connectivity index (χ1v) is 4.54. The second-order valence-electron chi connectivity index (χ2n) is 2.87. The monoisotopic (exact) mass is 197 g/mol. The van der Waals surface area contributed by atoms with Crippen molar-refractivity contribution in [3.05, 3.63) is 12.4 Å². The molecule has 78 valence electrons. The van der Waals surface area contributed by atoms with Gasteiger partial charge in [0.25, 0.3) is 0 Å². The van der Waals surface area contributed by atoms with Crippen molar-refractivity contribution in [2.45, 2.75) is 20.0 Å². The van der Waals surface area contributed by atoms with E-state index in [9.17, 15) is 0 Å². The lowest BCUT2D eigenvalue weighted by atomic mass is 10.4. The van der Waals surface area contributed by atoms with Crippen LogP contribution >= 0.6 is 0 Å². The zero-order valence-electron chi connectivity index (χ0n) is 8.43. The van der Waals surface area contributed by atoms with Gasteiger partial charge in [0.1, 0.15) is 18.2 Å². The molecular formula is C9H15N3O2. The second-order valence-corrected chi connectivity index (χ2v) is 2.87. The zero-order chi connectivity index (χ0) is 10.4. The standard InChI is InChI=1S/C9H15N3O2/c1-3-13-5-7(2)14-9-4-8(10)11-6-12-9/h4,6-7H,3,5H2,1-2H3,(H2,10,11,12). The van der Waals surface area contributed by atoms with E-state index in [1.54, 1.807) is 6.07 Å². The first kappa shape index (κ1) is 10.7. The van der Waals surface area contributed by atoms with Gasteiger partial charge >= 0.3 is 0 Å². The Morgan fingerprint density at radius 3 is 2.93 bits per heavy atom. The predicted molar refractivity (Wildman–Crippen MR) is 53.0 cm³/mol. The maximum atomic E-state index is 5.47. The summed E-state index contributed by atoms with van der Waals surface area (Å²) < 4.78 is 10.6. The third-order valence-corrected chi connectivity index (χ3v) is 1.54. The van der Waals surface area contributed by atoms with Gasteiger partial charge in [-0.1, -0.05) is 0 Å². The first-order valence-electron chi connectivity index (χ1n) is 4.54. The minimum absolute atomic E-state index is 0.0377. The summed E-state index contributed by atoms with van der Waals surface area (Å²) in [4.78, 5) is 7.68. The van der Waals surface area contributed by atoms with Crippen LogP contribution in [0.1, 0.15) is 13.8 Å². The van der Waals surface area contributed by atoms with Crippen molar-refractivity contribution >= 4 is 5.82 Å². The summed E-state index contributed by atoms with van der Waals surface area (Å²) in [5.74, 6) is 0.878. The van der Waals surface area contributed by atoms with Gasteiger partial charge < -0.3 is 15.2 Å². The van der Waals surface area contributed by atoms with Crippen molar-refractivity contribution in [2.24, 2.45) is 0 Å². The maximum absolute atomic E-state index is 5.47. The Balaban J connectivity index is 2.43. The Labute approximate surface area is 83.3 Å². The molecule has 0 spiro atoms. The average Bonchev–Trinajstić information content (AvgIpc) is 2.15. The Morgan fingerprint density at radius 2 is 2.29 bits per heavy atom. The normalized spacial score (nSPS) is 12.4. The van der Waals surface area contributed by atoms with Crippen molar-refractivity contribution in [2.75, 3.05) is 18.9 Å². The molecule has 0 saturated carbocycles. The molecule has 0 aliphatic carbocycles. The largest absolute Gasteiger partial charge is 0.472 e. The summed E-state index contributed by atoms with van der Waals surface area (Å²) in [7, 11) is 0. The molecule has 0 saturated heterocycles. The van der Waals surface area contributed by atoms with Crippen LogP contribution in [0.25, 0.3) is 0 Å². The van der Waals surface area contributed by atoms with Crippen molar-refractivity contribution < 1.29 is 9.47 Å². The number of ether oxygens (including phenoxy) is 2. The number of nitrogens with two attached hydrogens (primary N) is 1. The van der Waals surface area contributed by atoms with E-state index in [1.165, 1.54) is 6.33 Å². The highest BCUT2D eigenvalue weighted by Crippen LogP contribution is 2.09. The second kappa shape index (κ2) is 5.39. The highest BCUT2D eigenvalue weighted by Gasteiger charge is 2.04. The topological polar surface area (TPSA) is 70.3 Å². The van der Waals surface area contributed by atoms with Gasteiger partial charge in [0, 0.05) is 12.7 Å². The molecule has 0 aliphatic rings. The summed E-state index contributed by atoms with van der Waals surface area (Å²) in [6.07, 6.45) is 1.34. The summed E-state index contributed by atoms with van der Waals surface area (Å²) in [5, 5.41) is 0. The minimum Gasteiger partial charge on any atom is -0.472 e. The van der Waals surface area contributed by atoms with E-state index in [-0.39, 0.29) is 6.10 Å². The SMILES string of the molecule is CCOCC(C)Oc1cc(N)ncn1. The summed E-state index contributed by atoms with van der Waals surface area (Å²) in [6, 6.07) is 1.59. The molecule has 0 aliphatic heterocycles. The summed E-state index contributed by atoms with van der Waals surface area (Å²) in [5.41, 5.74) is 5.47. The molecule has 0 aromatic carbocycles. The Morgan fingerprint density at radius 1 is 1.50 bits per heavy atom. The molecule has 2 N–H and O–H groups in total. The number of aromatic nitrogens is 2. The Hall–Kier alpha value is -1.36. The minimum atomic E-state index is -0.0377. The van der Waals surface area contributed by atoms with Crippen LogP contribution in [0.5, 0.6) is 5.88 Å². The number of hydrogen-bond acceptors (Lipinski definition) is 5. The van der Waals surface area contributed by atoms with E-state index in [4.69, 9.17) is 15.2 Å². The molecule has 1 atom stereocenters. The summed E-state index contributed by atoms with van der Waals surface area (Å²) in [6.45, 7) is 5.07. The van der Waals surface area contributed by atoms with Crippen LogP contribution in [0.2, 0.25) is 0 Å². The number of hydrogen-bond donors (Lipinski definition) is 1. The van der Waals surface area contributed by atoms with E-state index in [2.05, 4.69) is 9.97 Å². The number of anilines is 1. The molecule has 1 rings (SSSR count). The molecule has 0 fully saturated rings. The molecule has 1 aromatic heterocycles. The van der Waals surface area contributed by atoms with Gasteiger partial charge in [-0.25, -0.2) is 9.97 Å². The van der Waals surface area contributed by atoms with Crippen LogP contribution in [-0.2, 0) is 4.74 Å². The fourth-order valence-electron chi connectivity index (χ4n) is 0.942. The number of nitrogens with zero attached hydrogens (tertiary/aromatic N) is 2. The van der Waals surface area contributed by atoms with Gasteiger partial charge in [-0.2, -0.15) is 0 Å². The van der Waals surface area contributed by atoms with Gasteiger partial charge in [-0.15, -0.1) is 0 Å². The van der Waals surface area contributed by atoms with Crippen LogP contribution in [0.15, 0.2) is 12.4 Å². The van der Waals surface area contributed by atoms with Gasteiger partial charge in [0.05, 0.1) is 6.61 Å². The molecule has 0 amide bonds. The van der Waals surface area contributed by atoms with Crippen LogP contribution in [-0.4, -0.2) is 29.3 Å². The van der Waals surface area contributed by atoms with E-state index >= 15 is 0 Å². The molecule has 0 radical (unpaired) electrons. The van der Waals surface area contributed by atoms with Crippen LogP contribution in [0.4, 0.5) is 5.82 Å². The lowest BCUT2D eigenvalue weighted by Crippen LogP contribution is -2.19. The average molecular weight is 197 g/mol. The predicted octanol–water partition coefficient (Wildman–Crippen LogP) is 0.863. The summed E-state index contributed by atoms with van der Waals surface area (Å²) >= 11 is 0. The van der Waals surface area contributed by atoms with Crippen LogP contribution < -0.4 is 10.5 Å². The molecular weight excluding hydrogens is 182 g/mol. The molecule has 1 aromatic rings. The van der Waals surface area contributed by atoms with Gasteiger partial charge in [0.2, 0.25) is 5.88 Å². The highest BCUT2D eigenvalue weighted by atomic mass is 16.5. The highest BCUT2D eigenvalue weighted by molar-refractivity contribution is 5.30. The molecule has 5 nitrogen and oxygen atoms in total. The van der Waals surface area contributed by atoms with Crippen LogP contribution in [0.3, 0.4) is 0 Å². The van der Waals surface area contributed by atoms with E-state index in [0.29, 0.717) is 24.9 Å². The van der Waals surface area contributed by atoms with E-state index in [0.717, 1.165) is 0 Å². The van der Waals surface area contributed by atoms with Crippen molar-refractivity contribution in [3.63, 3.8) is 0 Å². The lowest BCUT2D eigenvalue weighted by molar-refractivity contribution is 0.0633. The van der Waals surface area contributed by atoms with Crippen molar-refractivity contribution in [1.29, 1.82) is 0 Å². The number of rotatable bonds is 5.